The Labute approximate surface area is 171 Å². The van der Waals surface area contributed by atoms with Crippen molar-refractivity contribution in [1.29, 1.82) is 0 Å². The third kappa shape index (κ3) is 4.58. The van der Waals surface area contributed by atoms with Crippen LogP contribution in [0, 0.1) is 0 Å². The molecule has 2 aromatic carbocycles. The Bertz CT molecular complexity index is 791. The van der Waals surface area contributed by atoms with Gasteiger partial charge >= 0.3 is 5.97 Å². The summed E-state index contributed by atoms with van der Waals surface area (Å²) in [5.41, 5.74) is 2.86. The lowest BCUT2D eigenvalue weighted by Crippen LogP contribution is -2.43. The molecule has 1 amide bonds. The number of rotatable bonds is 7. The van der Waals surface area contributed by atoms with E-state index in [-0.39, 0.29) is 17.3 Å². The molecule has 2 aromatic rings. The van der Waals surface area contributed by atoms with Gasteiger partial charge in [0.1, 0.15) is 11.4 Å². The van der Waals surface area contributed by atoms with Crippen molar-refractivity contribution in [3.63, 3.8) is 0 Å². The van der Waals surface area contributed by atoms with Crippen LogP contribution in [0.15, 0.2) is 54.6 Å². The molecule has 1 aliphatic heterocycles. The van der Waals surface area contributed by atoms with Crippen LogP contribution in [0.4, 0.5) is 0 Å². The lowest BCUT2D eigenvalue weighted by Gasteiger charge is -2.28. The van der Waals surface area contributed by atoms with Gasteiger partial charge in [-0.1, -0.05) is 55.8 Å². The molecule has 2 atom stereocenters. The van der Waals surface area contributed by atoms with Crippen molar-refractivity contribution in [1.82, 2.24) is 4.90 Å². The second-order valence-electron chi connectivity index (χ2n) is 6.88. The van der Waals surface area contributed by atoms with E-state index in [0.717, 1.165) is 24.8 Å². The summed E-state index contributed by atoms with van der Waals surface area (Å²) >= 11 is 1.61. The molecule has 0 spiro atoms. The molecule has 1 aliphatic rings. The molecule has 0 radical (unpaired) electrons. The zero-order valence-corrected chi connectivity index (χ0v) is 17.3. The van der Waals surface area contributed by atoms with Gasteiger partial charge in [0.15, 0.2) is 0 Å². The summed E-state index contributed by atoms with van der Waals surface area (Å²) in [6.45, 7) is 4.27. The number of nitrogens with zero attached hydrogens (tertiary/aromatic N) is 1. The fraction of sp³-hybridized carbons (Fsp3) is 0.391. The number of carbonyl (C=O) groups is 2. The van der Waals surface area contributed by atoms with Gasteiger partial charge in [0.2, 0.25) is 0 Å². The van der Waals surface area contributed by atoms with Crippen molar-refractivity contribution in [2.24, 2.45) is 0 Å². The summed E-state index contributed by atoms with van der Waals surface area (Å²) in [6.07, 6.45) is 3.30. The Balaban J connectivity index is 1.87. The molecule has 0 aromatic heterocycles. The highest BCUT2D eigenvalue weighted by atomic mass is 32.2. The van der Waals surface area contributed by atoms with E-state index in [1.54, 1.807) is 23.6 Å². The highest BCUT2D eigenvalue weighted by molar-refractivity contribution is 7.99. The van der Waals surface area contributed by atoms with E-state index in [2.05, 4.69) is 6.92 Å². The highest BCUT2D eigenvalue weighted by Crippen LogP contribution is 2.42. The second kappa shape index (κ2) is 9.78. The molecule has 5 heteroatoms. The van der Waals surface area contributed by atoms with Gasteiger partial charge in [0, 0.05) is 11.3 Å². The van der Waals surface area contributed by atoms with Crippen LogP contribution in [-0.4, -0.2) is 35.2 Å². The van der Waals surface area contributed by atoms with Crippen molar-refractivity contribution in [3.8, 4) is 0 Å². The normalized spacial score (nSPS) is 18.9. The van der Waals surface area contributed by atoms with Crippen molar-refractivity contribution in [2.45, 2.75) is 44.5 Å². The first-order valence-corrected chi connectivity index (χ1v) is 10.9. The maximum Gasteiger partial charge on any atom is 0.329 e. The first kappa shape index (κ1) is 20.5. The van der Waals surface area contributed by atoms with E-state index in [1.807, 2.05) is 54.6 Å². The zero-order valence-electron chi connectivity index (χ0n) is 16.5. The SMILES string of the molecule is CCCCc1ccc(C(=O)N2C(C(=O)OCC)CSC2c2ccccc2)cc1. The molecular formula is C23H27NO3S. The van der Waals surface area contributed by atoms with Gasteiger partial charge in [0.05, 0.1) is 6.61 Å². The maximum absolute atomic E-state index is 13.4. The summed E-state index contributed by atoms with van der Waals surface area (Å²) in [5.74, 6) is 0.0823. The fourth-order valence-electron chi connectivity index (χ4n) is 3.39. The summed E-state index contributed by atoms with van der Waals surface area (Å²) in [6, 6.07) is 17.1. The van der Waals surface area contributed by atoms with Crippen molar-refractivity contribution in [2.75, 3.05) is 12.4 Å². The van der Waals surface area contributed by atoms with Gasteiger partial charge < -0.3 is 9.64 Å². The van der Waals surface area contributed by atoms with E-state index in [4.69, 9.17) is 4.74 Å². The smallest absolute Gasteiger partial charge is 0.329 e. The Hall–Kier alpha value is -2.27. The molecule has 0 aliphatic carbocycles. The van der Waals surface area contributed by atoms with Crippen LogP contribution in [0.3, 0.4) is 0 Å². The van der Waals surface area contributed by atoms with Crippen molar-refractivity contribution in [3.05, 3.63) is 71.3 Å². The number of esters is 1. The first-order chi connectivity index (χ1) is 13.7. The topological polar surface area (TPSA) is 46.6 Å². The third-order valence-electron chi connectivity index (χ3n) is 4.90. The van der Waals surface area contributed by atoms with Crippen LogP contribution >= 0.6 is 11.8 Å². The van der Waals surface area contributed by atoms with Crippen molar-refractivity contribution < 1.29 is 14.3 Å². The molecule has 1 heterocycles. The Morgan fingerprint density at radius 1 is 1.07 bits per heavy atom. The molecule has 4 nitrogen and oxygen atoms in total. The quantitative estimate of drug-likeness (QED) is 0.627. The molecule has 0 N–H and O–H groups in total. The maximum atomic E-state index is 13.4. The number of carbonyl (C=O) groups excluding carboxylic acids is 2. The average molecular weight is 398 g/mol. The monoisotopic (exact) mass is 397 g/mol. The van der Waals surface area contributed by atoms with E-state index < -0.39 is 6.04 Å². The molecule has 28 heavy (non-hydrogen) atoms. The number of ether oxygens (including phenoxy) is 1. The molecule has 0 bridgehead atoms. The number of unbranched alkanes of at least 4 members (excludes halogenated alkanes) is 1. The van der Waals surface area contributed by atoms with Crippen LogP contribution in [0.1, 0.15) is 53.5 Å². The number of amides is 1. The van der Waals surface area contributed by atoms with Crippen molar-refractivity contribution >= 4 is 23.6 Å². The largest absolute Gasteiger partial charge is 0.464 e. The summed E-state index contributed by atoms with van der Waals surface area (Å²) < 4.78 is 5.24. The summed E-state index contributed by atoms with van der Waals surface area (Å²) in [5, 5.41) is -0.192. The lowest BCUT2D eigenvalue weighted by atomic mass is 10.0. The minimum absolute atomic E-state index is 0.126. The molecule has 0 saturated carbocycles. The highest BCUT2D eigenvalue weighted by Gasteiger charge is 2.43. The molecule has 3 rings (SSSR count). The minimum atomic E-state index is -0.567. The predicted molar refractivity (Wildman–Crippen MR) is 113 cm³/mol. The summed E-state index contributed by atoms with van der Waals surface area (Å²) in [7, 11) is 0. The van der Waals surface area contributed by atoms with Gasteiger partial charge in [0.25, 0.3) is 5.91 Å². The molecule has 148 valence electrons. The van der Waals surface area contributed by atoms with E-state index in [9.17, 15) is 9.59 Å². The van der Waals surface area contributed by atoms with E-state index in [1.165, 1.54) is 5.56 Å². The number of hydrogen-bond donors (Lipinski definition) is 0. The van der Waals surface area contributed by atoms with Gasteiger partial charge in [-0.3, -0.25) is 4.79 Å². The van der Waals surface area contributed by atoms with Gasteiger partial charge in [-0.25, -0.2) is 4.79 Å². The summed E-state index contributed by atoms with van der Waals surface area (Å²) in [4.78, 5) is 27.6. The van der Waals surface area contributed by atoms with Gasteiger partial charge in [-0.2, -0.15) is 0 Å². The first-order valence-electron chi connectivity index (χ1n) is 9.90. The number of aryl methyl sites for hydroxylation is 1. The fourth-order valence-corrected chi connectivity index (χ4v) is 4.81. The standard InChI is InChI=1S/C23H27NO3S/c1-3-5-9-17-12-14-18(15-13-17)21(25)24-20(23(26)27-4-2)16-28-22(24)19-10-7-6-8-11-19/h6-8,10-15,20,22H,3-5,9,16H2,1-2H3. The van der Waals surface area contributed by atoms with Gasteiger partial charge in [-0.05, 0) is 43.0 Å². The molecule has 2 unspecified atom stereocenters. The lowest BCUT2D eigenvalue weighted by molar-refractivity contribution is -0.147. The van der Waals surface area contributed by atoms with Crippen LogP contribution in [0.25, 0.3) is 0 Å². The van der Waals surface area contributed by atoms with Crippen LogP contribution in [-0.2, 0) is 16.0 Å². The predicted octanol–water partition coefficient (Wildman–Crippen LogP) is 4.85. The van der Waals surface area contributed by atoms with Crippen LogP contribution < -0.4 is 0 Å². The van der Waals surface area contributed by atoms with Crippen LogP contribution in [0.2, 0.25) is 0 Å². The zero-order chi connectivity index (χ0) is 19.9. The second-order valence-corrected chi connectivity index (χ2v) is 7.99. The Morgan fingerprint density at radius 2 is 1.79 bits per heavy atom. The number of hydrogen-bond acceptors (Lipinski definition) is 4. The molecule has 1 fully saturated rings. The number of thioether (sulfide) groups is 1. The third-order valence-corrected chi connectivity index (χ3v) is 6.22. The minimum Gasteiger partial charge on any atom is -0.464 e. The van der Waals surface area contributed by atoms with Gasteiger partial charge in [-0.15, -0.1) is 11.8 Å². The molecular weight excluding hydrogens is 370 g/mol. The Morgan fingerprint density at radius 3 is 2.43 bits per heavy atom. The van der Waals surface area contributed by atoms with Crippen LogP contribution in [0.5, 0.6) is 0 Å². The van der Waals surface area contributed by atoms with E-state index >= 15 is 0 Å². The van der Waals surface area contributed by atoms with E-state index in [0.29, 0.717) is 17.9 Å². The average Bonchev–Trinajstić information content (AvgIpc) is 3.18. The Kier molecular flexibility index (Phi) is 7.15. The number of benzene rings is 2. The molecule has 1 saturated heterocycles.